The summed E-state index contributed by atoms with van der Waals surface area (Å²) in [6.45, 7) is 6.54. The molecule has 0 unspecified atom stereocenters. The average molecular weight is 384 g/mol. The normalized spacial score (nSPS) is 17.0. The Labute approximate surface area is 164 Å². The third-order valence-corrected chi connectivity index (χ3v) is 4.96. The number of hydrogen-bond donors (Lipinski definition) is 1. The molecule has 0 bridgehead atoms. The topological polar surface area (TPSA) is 58.6 Å². The molecule has 5 nitrogen and oxygen atoms in total. The smallest absolute Gasteiger partial charge is 0.229 e. The molecule has 2 amide bonds. The fourth-order valence-corrected chi connectivity index (χ4v) is 3.26. The fourth-order valence-electron chi connectivity index (χ4n) is 3.26. The summed E-state index contributed by atoms with van der Waals surface area (Å²) in [5.74, 6) is -0.665. The number of carbonyl (C=O) groups excluding carboxylic acids is 2. The number of ether oxygens (including phenoxy) is 1. The van der Waals surface area contributed by atoms with E-state index in [1.807, 2.05) is 18.2 Å². The van der Waals surface area contributed by atoms with Crippen molar-refractivity contribution in [2.75, 3.05) is 23.9 Å². The molecule has 0 saturated carbocycles. The lowest BCUT2D eigenvalue weighted by atomic mass is 9.86. The minimum absolute atomic E-state index is 0.0749. The Bertz CT molecular complexity index is 888. The molecule has 0 aliphatic carbocycles. The van der Waals surface area contributed by atoms with Gasteiger partial charge in [-0.3, -0.25) is 9.59 Å². The quantitative estimate of drug-likeness (QED) is 0.863. The van der Waals surface area contributed by atoms with Gasteiger partial charge >= 0.3 is 0 Å². The van der Waals surface area contributed by atoms with Gasteiger partial charge < -0.3 is 15.0 Å². The van der Waals surface area contributed by atoms with E-state index in [0.717, 1.165) is 5.56 Å². The van der Waals surface area contributed by atoms with Gasteiger partial charge in [-0.15, -0.1) is 0 Å². The van der Waals surface area contributed by atoms with Crippen LogP contribution in [0.15, 0.2) is 42.5 Å². The molecule has 2 aromatic carbocycles. The lowest BCUT2D eigenvalue weighted by Gasteiger charge is -2.22. The fraction of sp³-hybridized carbons (Fsp3) is 0.364. The number of nitrogens with one attached hydrogen (secondary N) is 1. The number of rotatable bonds is 4. The molecular formula is C22H25FN2O3. The molecule has 3 rings (SSSR count). The monoisotopic (exact) mass is 384 g/mol. The second-order valence-electron chi connectivity index (χ2n) is 8.04. The van der Waals surface area contributed by atoms with Crippen LogP contribution in [0.5, 0.6) is 5.75 Å². The third-order valence-electron chi connectivity index (χ3n) is 4.96. The first-order valence-corrected chi connectivity index (χ1v) is 9.24. The molecule has 1 aliphatic heterocycles. The molecule has 1 heterocycles. The standard InChI is InChI=1S/C22H25FN2O3/c1-22(2,3)15-5-10-19(28-4)18(12-15)24-21(27)14-11-20(26)25(13-14)17-8-6-16(23)7-9-17/h5-10,12,14H,11,13H2,1-4H3,(H,24,27)/t14-/m0/s1. The molecule has 1 fully saturated rings. The summed E-state index contributed by atoms with van der Waals surface area (Å²) >= 11 is 0. The molecule has 1 saturated heterocycles. The maximum Gasteiger partial charge on any atom is 0.229 e. The van der Waals surface area contributed by atoms with Crippen LogP contribution in [0.4, 0.5) is 15.8 Å². The Morgan fingerprint density at radius 3 is 2.46 bits per heavy atom. The molecule has 1 N–H and O–H groups in total. The molecule has 0 radical (unpaired) electrons. The Morgan fingerprint density at radius 1 is 1.18 bits per heavy atom. The van der Waals surface area contributed by atoms with Gasteiger partial charge in [0, 0.05) is 18.7 Å². The predicted molar refractivity (Wildman–Crippen MR) is 107 cm³/mol. The van der Waals surface area contributed by atoms with Crippen molar-refractivity contribution in [1.82, 2.24) is 0 Å². The Balaban J connectivity index is 1.76. The third kappa shape index (κ3) is 4.16. The highest BCUT2D eigenvalue weighted by Crippen LogP contribution is 2.33. The highest BCUT2D eigenvalue weighted by Gasteiger charge is 2.35. The zero-order valence-corrected chi connectivity index (χ0v) is 16.6. The lowest BCUT2D eigenvalue weighted by molar-refractivity contribution is -0.122. The van der Waals surface area contributed by atoms with E-state index in [1.54, 1.807) is 19.2 Å². The van der Waals surface area contributed by atoms with Crippen LogP contribution in [0.1, 0.15) is 32.8 Å². The summed E-state index contributed by atoms with van der Waals surface area (Å²) in [5, 5.41) is 2.91. The first-order chi connectivity index (χ1) is 13.2. The number of anilines is 2. The van der Waals surface area contributed by atoms with Gasteiger partial charge in [-0.05, 0) is 47.4 Å². The second kappa shape index (κ2) is 7.62. The van der Waals surface area contributed by atoms with E-state index >= 15 is 0 Å². The largest absolute Gasteiger partial charge is 0.495 e. The van der Waals surface area contributed by atoms with Crippen molar-refractivity contribution >= 4 is 23.2 Å². The SMILES string of the molecule is COc1ccc(C(C)(C)C)cc1NC(=O)[C@H]1CC(=O)N(c2ccc(F)cc2)C1. The zero-order chi connectivity index (χ0) is 20.5. The number of hydrogen-bond acceptors (Lipinski definition) is 3. The number of nitrogens with zero attached hydrogens (tertiary/aromatic N) is 1. The van der Waals surface area contributed by atoms with Crippen LogP contribution in [-0.4, -0.2) is 25.5 Å². The molecule has 0 aromatic heterocycles. The first kappa shape index (κ1) is 19.9. The van der Waals surface area contributed by atoms with Crippen molar-refractivity contribution < 1.29 is 18.7 Å². The molecular weight excluding hydrogens is 359 g/mol. The van der Waals surface area contributed by atoms with E-state index in [9.17, 15) is 14.0 Å². The van der Waals surface area contributed by atoms with E-state index < -0.39 is 5.92 Å². The maximum absolute atomic E-state index is 13.1. The minimum atomic E-state index is -0.486. The number of methoxy groups -OCH3 is 1. The Hall–Kier alpha value is -2.89. The Kier molecular flexibility index (Phi) is 5.40. The van der Waals surface area contributed by atoms with Crippen LogP contribution in [0.2, 0.25) is 0 Å². The average Bonchev–Trinajstić information content (AvgIpc) is 3.03. The molecule has 1 aliphatic rings. The van der Waals surface area contributed by atoms with Crippen molar-refractivity contribution in [3.63, 3.8) is 0 Å². The van der Waals surface area contributed by atoms with Gasteiger partial charge in [-0.25, -0.2) is 4.39 Å². The van der Waals surface area contributed by atoms with Gasteiger partial charge in [-0.1, -0.05) is 26.8 Å². The van der Waals surface area contributed by atoms with Crippen LogP contribution in [0.25, 0.3) is 0 Å². The van der Waals surface area contributed by atoms with Crippen LogP contribution in [0.3, 0.4) is 0 Å². The van der Waals surface area contributed by atoms with Crippen molar-refractivity contribution in [3.05, 3.63) is 53.8 Å². The number of halogens is 1. The van der Waals surface area contributed by atoms with Gasteiger partial charge in [0.05, 0.1) is 18.7 Å². The second-order valence-corrected chi connectivity index (χ2v) is 8.04. The van der Waals surface area contributed by atoms with E-state index in [1.165, 1.54) is 17.0 Å². The Morgan fingerprint density at radius 2 is 1.86 bits per heavy atom. The minimum Gasteiger partial charge on any atom is -0.495 e. The summed E-state index contributed by atoms with van der Waals surface area (Å²) in [6, 6.07) is 11.4. The highest BCUT2D eigenvalue weighted by atomic mass is 19.1. The van der Waals surface area contributed by atoms with Crippen LogP contribution in [0, 0.1) is 11.7 Å². The predicted octanol–water partition coefficient (Wildman–Crippen LogP) is 4.12. The summed E-state index contributed by atoms with van der Waals surface area (Å²) in [5.41, 5.74) is 2.18. The summed E-state index contributed by atoms with van der Waals surface area (Å²) in [6.07, 6.45) is 0.116. The van der Waals surface area contributed by atoms with Crippen molar-refractivity contribution in [2.24, 2.45) is 5.92 Å². The number of benzene rings is 2. The highest BCUT2D eigenvalue weighted by molar-refractivity contribution is 6.04. The van der Waals surface area contributed by atoms with Gasteiger partial charge in [0.25, 0.3) is 0 Å². The van der Waals surface area contributed by atoms with Gasteiger partial charge in [0.15, 0.2) is 0 Å². The van der Waals surface area contributed by atoms with Gasteiger partial charge in [0.2, 0.25) is 11.8 Å². The summed E-state index contributed by atoms with van der Waals surface area (Å²) in [4.78, 5) is 26.7. The number of carbonyl (C=O) groups is 2. The van der Waals surface area contributed by atoms with Crippen molar-refractivity contribution in [3.8, 4) is 5.75 Å². The molecule has 148 valence electrons. The van der Waals surface area contributed by atoms with E-state index in [-0.39, 0.29) is 36.0 Å². The summed E-state index contributed by atoms with van der Waals surface area (Å²) in [7, 11) is 1.55. The van der Waals surface area contributed by atoms with Crippen LogP contribution < -0.4 is 15.0 Å². The first-order valence-electron chi connectivity index (χ1n) is 9.24. The maximum atomic E-state index is 13.1. The molecule has 6 heteroatoms. The van der Waals surface area contributed by atoms with Crippen LogP contribution >= 0.6 is 0 Å². The van der Waals surface area contributed by atoms with Gasteiger partial charge in [0.1, 0.15) is 11.6 Å². The van der Waals surface area contributed by atoms with Crippen LogP contribution in [-0.2, 0) is 15.0 Å². The zero-order valence-electron chi connectivity index (χ0n) is 16.6. The molecule has 28 heavy (non-hydrogen) atoms. The molecule has 2 aromatic rings. The number of amides is 2. The molecule has 0 spiro atoms. The summed E-state index contributed by atoms with van der Waals surface area (Å²) < 4.78 is 18.5. The van der Waals surface area contributed by atoms with Crippen molar-refractivity contribution in [1.29, 1.82) is 0 Å². The lowest BCUT2D eigenvalue weighted by Crippen LogP contribution is -2.28. The van der Waals surface area contributed by atoms with E-state index in [4.69, 9.17) is 4.74 Å². The van der Waals surface area contributed by atoms with E-state index in [2.05, 4.69) is 26.1 Å². The van der Waals surface area contributed by atoms with Gasteiger partial charge in [-0.2, -0.15) is 0 Å². The van der Waals surface area contributed by atoms with Crippen molar-refractivity contribution in [2.45, 2.75) is 32.6 Å². The molecule has 1 atom stereocenters. The van der Waals surface area contributed by atoms with E-state index in [0.29, 0.717) is 17.1 Å².